The molecule has 3 rings (SSSR count). The van der Waals surface area contributed by atoms with Crippen LogP contribution < -0.4 is 0 Å². The van der Waals surface area contributed by atoms with E-state index < -0.39 is 11.4 Å². The van der Waals surface area contributed by atoms with Gasteiger partial charge in [0.15, 0.2) is 5.82 Å². The third-order valence-electron chi connectivity index (χ3n) is 4.26. The Morgan fingerprint density at radius 1 is 1.32 bits per heavy atom. The Bertz CT molecular complexity index is 787. The molecule has 2 aromatic rings. The molecule has 0 saturated carbocycles. The monoisotopic (exact) mass is 368 g/mol. The SMILES string of the molecule is CC(C)(C)OC(=O)N1CCCC(n2cc(F)c3c(Cl)ncnc32)CC1. The zero-order valence-corrected chi connectivity index (χ0v) is 15.4. The molecule has 0 N–H and O–H groups in total. The van der Waals surface area contributed by atoms with E-state index in [9.17, 15) is 9.18 Å². The van der Waals surface area contributed by atoms with Gasteiger partial charge in [0, 0.05) is 25.3 Å². The van der Waals surface area contributed by atoms with Gasteiger partial charge in [-0.15, -0.1) is 0 Å². The molecule has 0 aliphatic carbocycles. The van der Waals surface area contributed by atoms with Crippen molar-refractivity contribution in [3.05, 3.63) is 23.5 Å². The van der Waals surface area contributed by atoms with Crippen molar-refractivity contribution in [2.24, 2.45) is 0 Å². The Hall–Kier alpha value is -1.89. The number of hydrogen-bond acceptors (Lipinski definition) is 4. The molecular formula is C17H22ClFN4O2. The third kappa shape index (κ3) is 3.86. The van der Waals surface area contributed by atoms with Gasteiger partial charge in [0.1, 0.15) is 22.7 Å². The Morgan fingerprint density at radius 3 is 2.80 bits per heavy atom. The van der Waals surface area contributed by atoms with Crippen molar-refractivity contribution in [2.45, 2.75) is 51.7 Å². The standard InChI is InChI=1S/C17H22ClFN4O2/c1-17(2,3)25-16(24)22-7-4-5-11(6-8-22)23-9-12(19)13-14(18)20-10-21-15(13)23/h9-11H,4-8H2,1-3H3. The molecule has 0 aromatic carbocycles. The summed E-state index contributed by atoms with van der Waals surface area (Å²) in [6.45, 7) is 6.74. The van der Waals surface area contributed by atoms with Gasteiger partial charge in [0.05, 0.1) is 5.39 Å². The molecule has 1 aliphatic rings. The van der Waals surface area contributed by atoms with Crippen LogP contribution in [0.15, 0.2) is 12.5 Å². The minimum absolute atomic E-state index is 0.0467. The number of amides is 1. The summed E-state index contributed by atoms with van der Waals surface area (Å²) in [6, 6.07) is 0.0467. The fraction of sp³-hybridized carbons (Fsp3) is 0.588. The Balaban J connectivity index is 1.78. The molecule has 25 heavy (non-hydrogen) atoms. The first kappa shape index (κ1) is 17.9. The number of nitrogens with zero attached hydrogens (tertiary/aromatic N) is 4. The highest BCUT2D eigenvalue weighted by Crippen LogP contribution is 2.31. The van der Waals surface area contributed by atoms with Crippen molar-refractivity contribution < 1.29 is 13.9 Å². The number of hydrogen-bond donors (Lipinski definition) is 0. The van der Waals surface area contributed by atoms with Crippen molar-refractivity contribution in [1.29, 1.82) is 0 Å². The summed E-state index contributed by atoms with van der Waals surface area (Å²) >= 11 is 6.00. The van der Waals surface area contributed by atoms with Crippen LogP contribution in [0.5, 0.6) is 0 Å². The molecule has 1 saturated heterocycles. The van der Waals surface area contributed by atoms with Gasteiger partial charge in [-0.1, -0.05) is 11.6 Å². The largest absolute Gasteiger partial charge is 0.444 e. The Labute approximate surface area is 150 Å². The molecule has 3 heterocycles. The highest BCUT2D eigenvalue weighted by atomic mass is 35.5. The first-order chi connectivity index (χ1) is 11.8. The van der Waals surface area contributed by atoms with Crippen LogP contribution in [0.4, 0.5) is 9.18 Å². The summed E-state index contributed by atoms with van der Waals surface area (Å²) in [4.78, 5) is 22.0. The number of halogens is 2. The smallest absolute Gasteiger partial charge is 0.410 e. The lowest BCUT2D eigenvalue weighted by Crippen LogP contribution is -2.37. The molecule has 0 bridgehead atoms. The predicted molar refractivity (Wildman–Crippen MR) is 93.2 cm³/mol. The molecule has 0 radical (unpaired) electrons. The lowest BCUT2D eigenvalue weighted by molar-refractivity contribution is 0.0255. The Morgan fingerprint density at radius 2 is 2.08 bits per heavy atom. The number of ether oxygens (including phenoxy) is 1. The number of likely N-dealkylation sites (tertiary alicyclic amines) is 1. The average molecular weight is 369 g/mol. The number of aromatic nitrogens is 3. The zero-order chi connectivity index (χ0) is 18.2. The van der Waals surface area contributed by atoms with Crippen LogP contribution in [-0.4, -0.2) is 44.2 Å². The molecule has 8 heteroatoms. The highest BCUT2D eigenvalue weighted by molar-refractivity contribution is 6.34. The van der Waals surface area contributed by atoms with E-state index >= 15 is 0 Å². The molecular weight excluding hydrogens is 347 g/mol. The van der Waals surface area contributed by atoms with Gasteiger partial charge in [-0.25, -0.2) is 19.2 Å². The molecule has 6 nitrogen and oxygen atoms in total. The van der Waals surface area contributed by atoms with E-state index in [0.29, 0.717) is 25.2 Å². The van der Waals surface area contributed by atoms with E-state index in [-0.39, 0.29) is 22.7 Å². The minimum atomic E-state index is -0.518. The molecule has 1 aliphatic heterocycles. The fourth-order valence-corrected chi connectivity index (χ4v) is 3.37. The van der Waals surface area contributed by atoms with Crippen molar-refractivity contribution in [2.75, 3.05) is 13.1 Å². The normalized spacial score (nSPS) is 19.1. The van der Waals surface area contributed by atoms with E-state index in [4.69, 9.17) is 16.3 Å². The van der Waals surface area contributed by atoms with Gasteiger partial charge in [-0.3, -0.25) is 0 Å². The summed E-state index contributed by atoms with van der Waals surface area (Å²) in [6.07, 6.45) is 4.80. The fourth-order valence-electron chi connectivity index (χ4n) is 3.15. The lowest BCUT2D eigenvalue weighted by atomic mass is 10.1. The molecule has 1 amide bonds. The minimum Gasteiger partial charge on any atom is -0.444 e. The van der Waals surface area contributed by atoms with Crippen LogP contribution >= 0.6 is 11.6 Å². The van der Waals surface area contributed by atoms with Crippen molar-refractivity contribution in [3.63, 3.8) is 0 Å². The van der Waals surface area contributed by atoms with Gasteiger partial charge in [-0.2, -0.15) is 0 Å². The average Bonchev–Trinajstić information content (AvgIpc) is 2.70. The van der Waals surface area contributed by atoms with Gasteiger partial charge in [0.25, 0.3) is 0 Å². The van der Waals surface area contributed by atoms with E-state index in [0.717, 1.165) is 12.8 Å². The number of fused-ring (bicyclic) bond motifs is 1. The third-order valence-corrected chi connectivity index (χ3v) is 4.55. The molecule has 1 atom stereocenters. The maximum Gasteiger partial charge on any atom is 0.410 e. The molecule has 136 valence electrons. The number of carbonyl (C=O) groups excluding carboxylic acids is 1. The number of carbonyl (C=O) groups is 1. The second-order valence-corrected chi connectivity index (χ2v) is 7.66. The van der Waals surface area contributed by atoms with Crippen LogP contribution in [-0.2, 0) is 4.74 Å². The van der Waals surface area contributed by atoms with Crippen LogP contribution in [0.3, 0.4) is 0 Å². The van der Waals surface area contributed by atoms with Crippen LogP contribution in [0.25, 0.3) is 11.0 Å². The Kier molecular flexibility index (Phi) is 4.86. The molecule has 0 spiro atoms. The first-order valence-electron chi connectivity index (χ1n) is 8.41. The van der Waals surface area contributed by atoms with Gasteiger partial charge in [-0.05, 0) is 40.0 Å². The predicted octanol–water partition coefficient (Wildman–Crippen LogP) is 4.19. The maximum absolute atomic E-state index is 14.2. The van der Waals surface area contributed by atoms with E-state index in [2.05, 4.69) is 9.97 Å². The quantitative estimate of drug-likeness (QED) is 0.708. The molecule has 1 unspecified atom stereocenters. The maximum atomic E-state index is 14.2. The molecule has 2 aromatic heterocycles. The van der Waals surface area contributed by atoms with Gasteiger partial charge >= 0.3 is 6.09 Å². The van der Waals surface area contributed by atoms with Crippen LogP contribution in [0.2, 0.25) is 5.15 Å². The summed E-state index contributed by atoms with van der Waals surface area (Å²) in [5.41, 5.74) is -0.0239. The topological polar surface area (TPSA) is 60.2 Å². The van der Waals surface area contributed by atoms with Crippen molar-refractivity contribution >= 4 is 28.7 Å². The second-order valence-electron chi connectivity index (χ2n) is 7.30. The lowest BCUT2D eigenvalue weighted by Gasteiger charge is -2.26. The highest BCUT2D eigenvalue weighted by Gasteiger charge is 2.27. The van der Waals surface area contributed by atoms with Crippen molar-refractivity contribution in [1.82, 2.24) is 19.4 Å². The van der Waals surface area contributed by atoms with Crippen molar-refractivity contribution in [3.8, 4) is 0 Å². The van der Waals surface area contributed by atoms with E-state index in [1.165, 1.54) is 12.5 Å². The van der Waals surface area contributed by atoms with Gasteiger partial charge in [0.2, 0.25) is 0 Å². The summed E-state index contributed by atoms with van der Waals surface area (Å²) in [5.74, 6) is -0.422. The first-order valence-corrected chi connectivity index (χ1v) is 8.78. The van der Waals surface area contributed by atoms with E-state index in [1.807, 2.05) is 25.3 Å². The molecule has 1 fully saturated rings. The summed E-state index contributed by atoms with van der Waals surface area (Å²) in [7, 11) is 0. The second kappa shape index (κ2) is 6.78. The zero-order valence-electron chi connectivity index (χ0n) is 14.6. The van der Waals surface area contributed by atoms with Gasteiger partial charge < -0.3 is 14.2 Å². The summed E-state index contributed by atoms with van der Waals surface area (Å²) < 4.78 is 21.5. The number of rotatable bonds is 1. The van der Waals surface area contributed by atoms with Crippen LogP contribution in [0, 0.1) is 5.82 Å². The van der Waals surface area contributed by atoms with E-state index in [1.54, 1.807) is 4.90 Å². The summed E-state index contributed by atoms with van der Waals surface area (Å²) in [5, 5.41) is 0.364. The van der Waals surface area contributed by atoms with Crippen LogP contribution in [0.1, 0.15) is 46.1 Å².